The molecule has 0 rings (SSSR count). The van der Waals surface area contributed by atoms with Crippen molar-refractivity contribution < 1.29 is 14.4 Å². The van der Waals surface area contributed by atoms with Gasteiger partial charge in [-0.3, -0.25) is 9.59 Å². The Labute approximate surface area is 258 Å². The van der Waals surface area contributed by atoms with Crippen LogP contribution in [0, 0.1) is 0 Å². The molecule has 0 aliphatic carbocycles. The fourth-order valence-corrected chi connectivity index (χ4v) is 6.29. The SMILES string of the molecule is CCCCCCCC/C=C\CCCCCCCC(=O)C([SiH2]O)C(=O)CCCCCCC/C=C\CCCCCCCC. The average molecular weight is 591 g/mol. The summed E-state index contributed by atoms with van der Waals surface area (Å²) in [5.41, 5.74) is -0.649. The highest BCUT2D eigenvalue weighted by atomic mass is 28.2. The highest BCUT2D eigenvalue weighted by Crippen LogP contribution is 2.18. The molecule has 0 aromatic heterocycles. The van der Waals surface area contributed by atoms with Gasteiger partial charge in [0.05, 0.1) is 5.54 Å². The highest BCUT2D eigenvalue weighted by Gasteiger charge is 2.24. The molecule has 0 amide bonds. The Morgan fingerprint density at radius 1 is 0.463 bits per heavy atom. The normalized spacial score (nSPS) is 12.2. The summed E-state index contributed by atoms with van der Waals surface area (Å²) in [7, 11) is -1.61. The Morgan fingerprint density at radius 3 is 1.02 bits per heavy atom. The van der Waals surface area contributed by atoms with Gasteiger partial charge in [0.15, 0.2) is 9.76 Å². The predicted molar refractivity (Wildman–Crippen MR) is 183 cm³/mol. The molecule has 0 unspecified atom stereocenters. The van der Waals surface area contributed by atoms with Crippen LogP contribution in [0.5, 0.6) is 0 Å². The van der Waals surface area contributed by atoms with E-state index < -0.39 is 15.3 Å². The minimum atomic E-state index is -1.61. The summed E-state index contributed by atoms with van der Waals surface area (Å²) in [6.07, 6.45) is 42.4. The van der Waals surface area contributed by atoms with Crippen molar-refractivity contribution in [3.05, 3.63) is 24.3 Å². The van der Waals surface area contributed by atoms with Crippen molar-refractivity contribution >= 4 is 21.3 Å². The van der Waals surface area contributed by atoms with Gasteiger partial charge in [0.1, 0.15) is 11.6 Å². The lowest BCUT2D eigenvalue weighted by atomic mass is 10.0. The molecule has 0 aliphatic heterocycles. The molecule has 240 valence electrons. The quantitative estimate of drug-likeness (QED) is 0.0358. The molecule has 0 saturated heterocycles. The van der Waals surface area contributed by atoms with Crippen molar-refractivity contribution in [3.63, 3.8) is 0 Å². The minimum absolute atomic E-state index is 0.00883. The third-order valence-corrected chi connectivity index (χ3v) is 9.61. The zero-order chi connectivity index (χ0) is 30.1. The van der Waals surface area contributed by atoms with Gasteiger partial charge in [0, 0.05) is 12.8 Å². The number of hydrogen-bond acceptors (Lipinski definition) is 3. The maximum atomic E-state index is 12.5. The second-order valence-electron chi connectivity index (χ2n) is 12.3. The van der Waals surface area contributed by atoms with Gasteiger partial charge < -0.3 is 4.80 Å². The molecule has 1 N–H and O–H groups in total. The van der Waals surface area contributed by atoms with Crippen LogP contribution in [-0.4, -0.2) is 26.1 Å². The van der Waals surface area contributed by atoms with Crippen molar-refractivity contribution in [2.45, 2.75) is 199 Å². The predicted octanol–water partition coefficient (Wildman–Crippen LogP) is 11.1. The van der Waals surface area contributed by atoms with Gasteiger partial charge in [0.25, 0.3) is 0 Å². The molecule has 0 heterocycles. The lowest BCUT2D eigenvalue weighted by molar-refractivity contribution is -0.127. The Hall–Kier alpha value is -1.00. The summed E-state index contributed by atoms with van der Waals surface area (Å²) in [6, 6.07) is 0. The van der Waals surface area contributed by atoms with Gasteiger partial charge in [-0.1, -0.05) is 141 Å². The number of allylic oxidation sites excluding steroid dienone is 4. The second kappa shape index (κ2) is 33.5. The summed E-state index contributed by atoms with van der Waals surface area (Å²) in [6.45, 7) is 4.53. The molecule has 0 aromatic carbocycles. The van der Waals surface area contributed by atoms with Crippen molar-refractivity contribution in [3.8, 4) is 0 Å². The summed E-state index contributed by atoms with van der Waals surface area (Å²) in [5.74, 6) is 0.0177. The van der Waals surface area contributed by atoms with Crippen LogP contribution < -0.4 is 0 Å². The van der Waals surface area contributed by atoms with Crippen LogP contribution in [0.25, 0.3) is 0 Å². The first-order chi connectivity index (χ1) is 20.2. The van der Waals surface area contributed by atoms with E-state index in [9.17, 15) is 14.4 Å². The monoisotopic (exact) mass is 591 g/mol. The minimum Gasteiger partial charge on any atom is -0.437 e. The molecule has 0 fully saturated rings. The van der Waals surface area contributed by atoms with E-state index in [1.165, 1.54) is 116 Å². The van der Waals surface area contributed by atoms with Crippen LogP contribution in [0.4, 0.5) is 0 Å². The maximum absolute atomic E-state index is 12.5. The number of ketones is 2. The van der Waals surface area contributed by atoms with Gasteiger partial charge in [-0.05, 0) is 64.2 Å². The van der Waals surface area contributed by atoms with Gasteiger partial charge in [0.2, 0.25) is 0 Å². The van der Waals surface area contributed by atoms with Gasteiger partial charge >= 0.3 is 0 Å². The fourth-order valence-electron chi connectivity index (χ4n) is 5.47. The van der Waals surface area contributed by atoms with Gasteiger partial charge in [-0.2, -0.15) is 0 Å². The van der Waals surface area contributed by atoms with Gasteiger partial charge in [-0.15, -0.1) is 0 Å². The van der Waals surface area contributed by atoms with Crippen LogP contribution in [0.3, 0.4) is 0 Å². The van der Waals surface area contributed by atoms with Crippen LogP contribution in [-0.2, 0) is 9.59 Å². The zero-order valence-electron chi connectivity index (χ0n) is 27.7. The first kappa shape index (κ1) is 40.0. The van der Waals surface area contributed by atoms with E-state index >= 15 is 0 Å². The lowest BCUT2D eigenvalue weighted by Gasteiger charge is -2.11. The summed E-state index contributed by atoms with van der Waals surface area (Å²) < 4.78 is 0. The fraction of sp³-hybridized carbons (Fsp3) is 0.838. The number of carbonyl (C=O) groups excluding carboxylic acids is 2. The number of rotatable bonds is 33. The van der Waals surface area contributed by atoms with Crippen LogP contribution in [0.2, 0.25) is 5.54 Å². The standard InChI is InChI=1S/C37H70O3Si/c1-3-5-7-9-11-13-15-17-19-21-23-25-27-29-31-33-35(38)37(41-40)36(39)34-32-30-28-26-24-22-20-18-16-14-12-10-8-6-4-2/h17-20,37,40H,3-16,21-34,41H2,1-2H3/b19-17-,20-18-. The molecule has 0 aliphatic rings. The Morgan fingerprint density at radius 2 is 0.732 bits per heavy atom. The summed E-state index contributed by atoms with van der Waals surface area (Å²) in [4.78, 5) is 34.9. The number of carbonyl (C=O) groups is 2. The molecular weight excluding hydrogens is 520 g/mol. The van der Waals surface area contributed by atoms with Crippen molar-refractivity contribution in [1.82, 2.24) is 0 Å². The largest absolute Gasteiger partial charge is 0.437 e. The number of Topliss-reactive ketones (excluding diaryl/α,β-unsaturated/α-hetero) is 2. The Bertz CT molecular complexity index is 576. The van der Waals surface area contributed by atoms with Gasteiger partial charge in [-0.25, -0.2) is 0 Å². The van der Waals surface area contributed by atoms with E-state index in [-0.39, 0.29) is 11.6 Å². The van der Waals surface area contributed by atoms with Crippen molar-refractivity contribution in [2.75, 3.05) is 0 Å². The molecule has 41 heavy (non-hydrogen) atoms. The maximum Gasteiger partial charge on any atom is 0.174 e. The van der Waals surface area contributed by atoms with Crippen LogP contribution in [0.1, 0.15) is 194 Å². The first-order valence-electron chi connectivity index (χ1n) is 18.1. The molecule has 0 radical (unpaired) electrons. The average Bonchev–Trinajstić information content (AvgIpc) is 2.97. The Balaban J connectivity index is 3.63. The molecule has 0 atom stereocenters. The zero-order valence-corrected chi connectivity index (χ0v) is 29.1. The summed E-state index contributed by atoms with van der Waals surface area (Å²) >= 11 is 0. The number of hydrogen-bond donors (Lipinski definition) is 1. The van der Waals surface area contributed by atoms with Crippen molar-refractivity contribution in [2.24, 2.45) is 0 Å². The van der Waals surface area contributed by atoms with E-state index in [0.29, 0.717) is 12.8 Å². The highest BCUT2D eigenvalue weighted by molar-refractivity contribution is 6.45. The third kappa shape index (κ3) is 28.9. The van der Waals surface area contributed by atoms with Crippen LogP contribution >= 0.6 is 0 Å². The number of unbranched alkanes of at least 4 members (excludes halogenated alkanes) is 22. The Kier molecular flexibility index (Phi) is 32.7. The van der Waals surface area contributed by atoms with E-state index in [1.807, 2.05) is 0 Å². The topological polar surface area (TPSA) is 54.4 Å². The first-order valence-corrected chi connectivity index (χ1v) is 19.6. The van der Waals surface area contributed by atoms with E-state index in [4.69, 9.17) is 0 Å². The third-order valence-electron chi connectivity index (χ3n) is 8.33. The molecule has 4 heteroatoms. The molecule has 0 saturated carbocycles. The lowest BCUT2D eigenvalue weighted by Crippen LogP contribution is -2.23. The summed E-state index contributed by atoms with van der Waals surface area (Å²) in [5, 5.41) is 0. The van der Waals surface area contributed by atoms with E-state index in [2.05, 4.69) is 38.2 Å². The molecule has 3 nitrogen and oxygen atoms in total. The van der Waals surface area contributed by atoms with E-state index in [0.717, 1.165) is 51.4 Å². The van der Waals surface area contributed by atoms with Crippen molar-refractivity contribution in [1.29, 1.82) is 0 Å². The molecule has 0 spiro atoms. The van der Waals surface area contributed by atoms with E-state index in [1.54, 1.807) is 0 Å². The smallest absolute Gasteiger partial charge is 0.174 e. The molecule has 0 aromatic rings. The molecule has 0 bridgehead atoms. The second-order valence-corrected chi connectivity index (χ2v) is 13.5. The molecular formula is C37H70O3Si. The van der Waals surface area contributed by atoms with Crippen LogP contribution in [0.15, 0.2) is 24.3 Å².